The number of nitrogens with one attached hydrogen (secondary N) is 6. The number of anilines is 2. The molecule has 19 nitrogen and oxygen atoms in total. The van der Waals surface area contributed by atoms with Gasteiger partial charge < -0.3 is 41.5 Å². The van der Waals surface area contributed by atoms with Crippen molar-refractivity contribution in [2.75, 3.05) is 30.8 Å². The molecule has 9 rings (SSSR count). The highest BCUT2D eigenvalue weighted by Crippen LogP contribution is 2.52. The van der Waals surface area contributed by atoms with Crippen molar-refractivity contribution in [3.8, 4) is 0 Å². The normalized spacial score (nSPS) is 16.4. The number of alkyl carbamates (subject to hydrolysis) is 1. The molecule has 25 heteroatoms. The molecule has 0 saturated heterocycles. The zero-order valence-electron chi connectivity index (χ0n) is 54.6. The second kappa shape index (κ2) is 29.4. The van der Waals surface area contributed by atoms with Crippen LogP contribution in [-0.4, -0.2) is 110 Å². The number of carbonyl (C=O) groups excluding carboxylic acids is 7. The highest BCUT2D eigenvalue weighted by Gasteiger charge is 2.50. The quantitative estimate of drug-likeness (QED) is 0.0272. The van der Waals surface area contributed by atoms with E-state index in [4.69, 9.17) is 4.74 Å². The van der Waals surface area contributed by atoms with Crippen molar-refractivity contribution in [2.45, 2.75) is 181 Å². The van der Waals surface area contributed by atoms with Crippen LogP contribution >= 0.6 is 0 Å². The highest BCUT2D eigenvalue weighted by molar-refractivity contribution is 6.02. The molecule has 0 spiro atoms. The van der Waals surface area contributed by atoms with Crippen molar-refractivity contribution >= 4 is 52.9 Å². The molecule has 2 aromatic heterocycles. The van der Waals surface area contributed by atoms with Crippen molar-refractivity contribution < 1.29 is 73.2 Å². The van der Waals surface area contributed by atoms with Gasteiger partial charge in [-0.25, -0.2) is 31.1 Å². The minimum absolute atomic E-state index is 0. The molecule has 7 amide bonds. The monoisotopic (exact) mass is 1310 g/mol. The Bertz CT molecular complexity index is 3520. The van der Waals surface area contributed by atoms with Crippen LogP contribution in [0.15, 0.2) is 85.2 Å². The van der Waals surface area contributed by atoms with E-state index < -0.39 is 102 Å². The van der Waals surface area contributed by atoms with Crippen LogP contribution in [0.25, 0.3) is 0 Å². The van der Waals surface area contributed by atoms with Gasteiger partial charge in [0.1, 0.15) is 40.7 Å². The van der Waals surface area contributed by atoms with Crippen LogP contribution in [0.4, 0.5) is 42.5 Å². The second-order valence-electron chi connectivity index (χ2n) is 27.0. The minimum Gasteiger partial charge on any atom is -0.444 e. The fourth-order valence-corrected chi connectivity index (χ4v) is 11.9. The molecule has 0 bridgehead atoms. The number of likely N-dealkylation sites (N-methyl/N-ethyl adjacent to an activating group) is 1. The zero-order valence-corrected chi connectivity index (χ0v) is 54.6. The largest absolute Gasteiger partial charge is 0.444 e. The first-order valence-corrected chi connectivity index (χ1v) is 31.9. The summed E-state index contributed by atoms with van der Waals surface area (Å²) < 4.78 is 95.8. The number of ether oxygens (including phenoxy) is 1. The third kappa shape index (κ3) is 19.0. The highest BCUT2D eigenvalue weighted by atomic mass is 19.3. The molecular weight excluding hydrogens is 1210 g/mol. The van der Waals surface area contributed by atoms with Gasteiger partial charge in [-0.15, -0.1) is 0 Å². The van der Waals surface area contributed by atoms with E-state index in [1.807, 2.05) is 33.0 Å². The summed E-state index contributed by atoms with van der Waals surface area (Å²) in [5.74, 6) is -11.8. The van der Waals surface area contributed by atoms with Crippen LogP contribution in [0.3, 0.4) is 0 Å². The molecule has 5 aromatic rings. The van der Waals surface area contributed by atoms with Gasteiger partial charge in [-0.1, -0.05) is 36.4 Å². The fraction of sp³-hybridized carbons (Fsp3) is 0.544. The van der Waals surface area contributed by atoms with Crippen molar-refractivity contribution in [2.24, 2.45) is 35.5 Å². The number of hydrogen-bond donors (Lipinski definition) is 6. The lowest BCUT2D eigenvalue weighted by molar-refractivity contribution is -0.131. The first-order valence-electron chi connectivity index (χ1n) is 31.9. The van der Waals surface area contributed by atoms with Crippen LogP contribution in [0.2, 0.25) is 0 Å². The Morgan fingerprint density at radius 1 is 0.591 bits per heavy atom. The number of hydrogen-bond acceptors (Lipinski definition) is 10. The molecule has 3 aromatic carbocycles. The molecule has 516 valence electrons. The maximum Gasteiger partial charge on any atom is 0.407 e. The number of benzene rings is 3. The third-order valence-electron chi connectivity index (χ3n) is 17.3. The summed E-state index contributed by atoms with van der Waals surface area (Å²) in [5.41, 5.74) is 0.374. The lowest BCUT2D eigenvalue weighted by Gasteiger charge is -2.28. The predicted molar refractivity (Wildman–Crippen MR) is 350 cm³/mol. The van der Waals surface area contributed by atoms with Gasteiger partial charge in [0.05, 0.1) is 36.3 Å². The Morgan fingerprint density at radius 3 is 1.41 bits per heavy atom. The molecule has 4 fully saturated rings. The van der Waals surface area contributed by atoms with Gasteiger partial charge in [0.25, 0.3) is 23.7 Å². The number of aromatic nitrogens is 4. The zero-order chi connectivity index (χ0) is 68.0. The lowest BCUT2D eigenvalue weighted by atomic mass is 9.88. The molecule has 4 saturated carbocycles. The van der Waals surface area contributed by atoms with E-state index in [0.717, 1.165) is 64.4 Å². The van der Waals surface area contributed by atoms with Crippen LogP contribution in [-0.2, 0) is 36.4 Å². The van der Waals surface area contributed by atoms with E-state index in [9.17, 15) is 51.1 Å². The fourth-order valence-electron chi connectivity index (χ4n) is 11.9. The summed E-state index contributed by atoms with van der Waals surface area (Å²) in [5, 5.41) is 23.8. The predicted octanol–water partition coefficient (Wildman–Crippen LogP) is 13.3. The van der Waals surface area contributed by atoms with Gasteiger partial charge >= 0.3 is 6.09 Å². The van der Waals surface area contributed by atoms with Crippen molar-refractivity contribution in [1.29, 1.82) is 0 Å². The van der Waals surface area contributed by atoms with Crippen LogP contribution in [0.1, 0.15) is 196 Å². The molecule has 0 aliphatic heterocycles. The summed E-state index contributed by atoms with van der Waals surface area (Å²) >= 11 is 0. The Hall–Kier alpha value is -8.25. The number of carbonyl (C=O) groups is 7. The van der Waals surface area contributed by atoms with Crippen molar-refractivity contribution in [3.05, 3.63) is 130 Å². The Kier molecular flexibility index (Phi) is 22.3. The number of nitrogens with zero attached hydrogens (tertiary/aromatic N) is 5. The van der Waals surface area contributed by atoms with Crippen molar-refractivity contribution in [3.63, 3.8) is 0 Å². The number of alkyl halides is 4. The standard InChI is InChI=1S/C35H42F3N5O3.C33H45F3N6O5.6H2/c1-20(2)43-29(16-17-39-43)32(44)41-31(30(22-10-11-22)23-12-13-23)33(45)40-28-15-14-24(18-27(28)36)21(3)34(46)42(5)19-25-8-6-7-9-26(25)35(4,37)38;1-18(2)42-25(13-14-39-42)29(44)41-27(26(20-7-8-20)21-9-10-21)30(45)40-24-12-11-22(15-23(24)34)19(3)28(43)37-16-33(35,36)17-38-31(46)47-32(4,5)6;;;;;;/h6-9,14-18,20-23,30-31H,10-13,19H2,1-5H3,(H,40,45)(H,41,44);11-15,18-21,26-27H,7-10,16-17H2,1-6H3,(H,37,43)(H,38,46)(H,40,45)(H,41,44);6*1H/t21-,31-;19-,27-;;;;;;/m00....../s1. The van der Waals surface area contributed by atoms with E-state index in [1.54, 1.807) is 73.6 Å². The molecule has 6 N–H and O–H groups in total. The van der Waals surface area contributed by atoms with Crippen molar-refractivity contribution in [1.82, 2.24) is 45.7 Å². The molecular formula is C68H99F6N11O8. The van der Waals surface area contributed by atoms with Gasteiger partial charge in [-0.2, -0.15) is 10.2 Å². The third-order valence-corrected chi connectivity index (χ3v) is 17.3. The van der Waals surface area contributed by atoms with Gasteiger partial charge in [0, 0.05) is 59.1 Å². The van der Waals surface area contributed by atoms with E-state index in [-0.39, 0.29) is 67.4 Å². The minimum atomic E-state index is -3.47. The van der Waals surface area contributed by atoms with E-state index in [0.29, 0.717) is 46.2 Å². The van der Waals surface area contributed by atoms with E-state index >= 15 is 8.78 Å². The van der Waals surface area contributed by atoms with Crippen LogP contribution < -0.4 is 31.9 Å². The Morgan fingerprint density at radius 2 is 1.01 bits per heavy atom. The molecule has 4 atom stereocenters. The molecule has 0 radical (unpaired) electrons. The summed E-state index contributed by atoms with van der Waals surface area (Å²) in [6.45, 7) is 14.1. The SMILES string of the molecule is CC(C)n1nccc1C(=O)N[C@H](C(=O)Nc1ccc([C@H](C)C(=O)N(C)Cc2ccccc2C(C)(F)F)cc1F)C(C1CC1)C1CC1.CC(C)n1nccc1C(=O)N[C@H](C(=O)Nc1ccc([C@H](C)C(=O)NCC(F)(F)CNC(=O)OC(C)(C)C)cc1F)C(C1CC1)C1CC1.[HH].[HH].[HH].[HH].[HH].[HH]. The first kappa shape index (κ1) is 70.6. The van der Waals surface area contributed by atoms with E-state index in [2.05, 4.69) is 36.8 Å². The Labute approximate surface area is 547 Å². The van der Waals surface area contributed by atoms with Gasteiger partial charge in [-0.05, 0) is 202 Å². The van der Waals surface area contributed by atoms with Gasteiger partial charge in [-0.3, -0.25) is 38.1 Å². The second-order valence-corrected chi connectivity index (χ2v) is 27.0. The lowest BCUT2D eigenvalue weighted by Crippen LogP contribution is -2.50. The molecule has 4 aliphatic carbocycles. The maximum atomic E-state index is 15.5. The van der Waals surface area contributed by atoms with Crippen LogP contribution in [0, 0.1) is 47.1 Å². The maximum absolute atomic E-state index is 15.5. The average molecular weight is 1310 g/mol. The van der Waals surface area contributed by atoms with Gasteiger partial charge in [0.15, 0.2) is 0 Å². The molecule has 4 aliphatic rings. The van der Waals surface area contributed by atoms with Gasteiger partial charge in [0.2, 0.25) is 23.6 Å². The summed E-state index contributed by atoms with van der Waals surface area (Å²) in [7, 11) is 1.52. The average Bonchev–Trinajstić information content (AvgIpc) is 1.64. The number of amides is 7. The Balaban J connectivity index is 0.000000635. The molecule has 93 heavy (non-hydrogen) atoms. The smallest absolute Gasteiger partial charge is 0.407 e. The topological polar surface area (TPSA) is 240 Å². The number of halogens is 6. The molecule has 2 heterocycles. The van der Waals surface area contributed by atoms with Crippen LogP contribution in [0.5, 0.6) is 0 Å². The first-order chi connectivity index (χ1) is 43.7. The summed E-state index contributed by atoms with van der Waals surface area (Å²) in [4.78, 5) is 93.1. The number of rotatable bonds is 27. The van der Waals surface area contributed by atoms with E-state index in [1.165, 1.54) is 61.5 Å². The summed E-state index contributed by atoms with van der Waals surface area (Å²) in [6, 6.07) is 15.4. The summed E-state index contributed by atoms with van der Waals surface area (Å²) in [6.07, 6.45) is 9.84. The molecule has 0 unspecified atom stereocenters.